The Morgan fingerprint density at radius 3 is 1.58 bits per heavy atom. The summed E-state index contributed by atoms with van der Waals surface area (Å²) >= 11 is 6.34. The molecule has 0 aromatic carbocycles. The van der Waals surface area contributed by atoms with Gasteiger partial charge in [-0.2, -0.15) is 0 Å². The van der Waals surface area contributed by atoms with Crippen molar-refractivity contribution in [2.24, 2.45) is 0 Å². The summed E-state index contributed by atoms with van der Waals surface area (Å²) in [4.78, 5) is 27.8. The molecule has 0 fully saturated rings. The zero-order chi connectivity index (χ0) is 18.3. The minimum Gasteiger partial charge on any atom is -0.465 e. The first-order chi connectivity index (χ1) is 12.6. The summed E-state index contributed by atoms with van der Waals surface area (Å²) in [5.74, 6) is -0.639. The first-order valence-electron chi connectivity index (χ1n) is 7.48. The molecule has 0 N–H and O–H groups in total. The molecular formula is C18H12O4S4. The number of carbonyl (C=O) groups excluding carboxylic acids is 2. The summed E-state index contributed by atoms with van der Waals surface area (Å²) in [6.45, 7) is 0. The van der Waals surface area contributed by atoms with E-state index < -0.39 is 0 Å². The molecule has 4 aromatic heterocycles. The lowest BCUT2D eigenvalue weighted by Crippen LogP contribution is -2.00. The summed E-state index contributed by atoms with van der Waals surface area (Å²) in [6, 6.07) is 7.77. The molecule has 4 nitrogen and oxygen atoms in total. The highest BCUT2D eigenvalue weighted by molar-refractivity contribution is 7.33. The highest BCUT2D eigenvalue weighted by Crippen LogP contribution is 2.45. The van der Waals surface area contributed by atoms with Gasteiger partial charge in [0, 0.05) is 19.2 Å². The van der Waals surface area contributed by atoms with Crippen LogP contribution in [0.25, 0.3) is 28.9 Å². The summed E-state index contributed by atoms with van der Waals surface area (Å²) < 4.78 is 12.0. The third-order valence-electron chi connectivity index (χ3n) is 3.80. The number of hydrogen-bond donors (Lipinski definition) is 0. The Morgan fingerprint density at radius 1 is 0.769 bits per heavy atom. The second-order valence-corrected chi connectivity index (χ2v) is 9.26. The number of hydrogen-bond acceptors (Lipinski definition) is 8. The monoisotopic (exact) mass is 420 g/mol. The van der Waals surface area contributed by atoms with Crippen molar-refractivity contribution >= 4 is 66.7 Å². The zero-order valence-electron chi connectivity index (χ0n) is 13.7. The van der Waals surface area contributed by atoms with E-state index in [1.54, 1.807) is 34.8 Å². The quantitative estimate of drug-likeness (QED) is 0.380. The summed E-state index contributed by atoms with van der Waals surface area (Å²) in [5, 5.41) is 3.80. The lowest BCUT2D eigenvalue weighted by molar-refractivity contribution is 0.0593. The molecule has 0 atom stereocenters. The van der Waals surface area contributed by atoms with E-state index in [0.717, 1.165) is 28.9 Å². The van der Waals surface area contributed by atoms with Gasteiger partial charge in [0.15, 0.2) is 0 Å². The molecule has 0 saturated carbocycles. The van der Waals surface area contributed by atoms with E-state index >= 15 is 0 Å². The average molecular weight is 421 g/mol. The molecule has 4 heterocycles. The van der Waals surface area contributed by atoms with Gasteiger partial charge in [0.25, 0.3) is 0 Å². The maximum Gasteiger partial charge on any atom is 0.339 e. The number of fused-ring (bicyclic) bond motifs is 1. The fraction of sp³-hybridized carbons (Fsp3) is 0.111. The molecule has 132 valence electrons. The molecule has 0 spiro atoms. The van der Waals surface area contributed by atoms with Gasteiger partial charge in [0.1, 0.15) is 0 Å². The van der Waals surface area contributed by atoms with E-state index in [9.17, 15) is 9.59 Å². The molecule has 4 rings (SSSR count). The standard InChI is InChI=1S/C18H12O4S4/c1-21-17(19)9-3-5-23-15(9)13-7-11-12(25-13)8-14(26-11)16-10(4-6-24-16)18(20)22-2/h3-8H,1-2H3. The van der Waals surface area contributed by atoms with Crippen molar-refractivity contribution in [2.45, 2.75) is 0 Å². The van der Waals surface area contributed by atoms with Crippen molar-refractivity contribution in [3.8, 4) is 19.5 Å². The van der Waals surface area contributed by atoms with Gasteiger partial charge >= 0.3 is 11.9 Å². The predicted octanol–water partition coefficient (Wildman–Crippen LogP) is 5.99. The molecule has 0 saturated heterocycles. The van der Waals surface area contributed by atoms with Gasteiger partial charge in [-0.3, -0.25) is 0 Å². The predicted molar refractivity (Wildman–Crippen MR) is 109 cm³/mol. The van der Waals surface area contributed by atoms with Crippen LogP contribution in [0.4, 0.5) is 0 Å². The van der Waals surface area contributed by atoms with E-state index in [1.807, 2.05) is 10.8 Å². The van der Waals surface area contributed by atoms with E-state index in [-0.39, 0.29) is 11.9 Å². The van der Waals surface area contributed by atoms with Crippen LogP contribution < -0.4 is 0 Å². The first-order valence-corrected chi connectivity index (χ1v) is 10.9. The van der Waals surface area contributed by atoms with Gasteiger partial charge in [0.2, 0.25) is 0 Å². The first kappa shape index (κ1) is 17.4. The third-order valence-corrected chi connectivity index (χ3v) is 8.28. The normalized spacial score (nSPS) is 11.0. The number of carbonyl (C=O) groups is 2. The van der Waals surface area contributed by atoms with Crippen LogP contribution in [0.5, 0.6) is 0 Å². The minimum absolute atomic E-state index is 0.319. The van der Waals surface area contributed by atoms with Crippen LogP contribution in [0.15, 0.2) is 35.0 Å². The molecule has 8 heteroatoms. The molecule has 0 aliphatic heterocycles. The van der Waals surface area contributed by atoms with E-state index in [1.165, 1.54) is 36.9 Å². The SMILES string of the molecule is COC(=O)c1ccsc1-c1cc2sc(-c3sccc3C(=O)OC)cc2s1. The maximum absolute atomic E-state index is 11.9. The minimum atomic E-state index is -0.319. The molecule has 0 bridgehead atoms. The smallest absolute Gasteiger partial charge is 0.339 e. The van der Waals surface area contributed by atoms with Crippen LogP contribution in [-0.4, -0.2) is 26.2 Å². The Morgan fingerprint density at radius 2 is 1.19 bits per heavy atom. The number of esters is 2. The van der Waals surface area contributed by atoms with Crippen molar-refractivity contribution in [1.29, 1.82) is 0 Å². The lowest BCUT2D eigenvalue weighted by Gasteiger charge is -2.00. The molecular weight excluding hydrogens is 408 g/mol. The zero-order valence-corrected chi connectivity index (χ0v) is 17.0. The molecule has 4 aromatic rings. The molecule has 0 aliphatic carbocycles. The fourth-order valence-corrected chi connectivity index (χ4v) is 7.03. The second-order valence-electron chi connectivity index (χ2n) is 5.26. The Labute approximate surface area is 165 Å². The summed E-state index contributed by atoms with van der Waals surface area (Å²) in [5.41, 5.74) is 1.19. The summed E-state index contributed by atoms with van der Waals surface area (Å²) in [6.07, 6.45) is 0. The van der Waals surface area contributed by atoms with Gasteiger partial charge < -0.3 is 9.47 Å². The Kier molecular flexibility index (Phi) is 4.66. The van der Waals surface area contributed by atoms with Crippen molar-refractivity contribution in [3.63, 3.8) is 0 Å². The van der Waals surface area contributed by atoms with Gasteiger partial charge in [0.05, 0.1) is 35.1 Å². The van der Waals surface area contributed by atoms with E-state index in [4.69, 9.17) is 9.47 Å². The Balaban J connectivity index is 1.74. The van der Waals surface area contributed by atoms with Crippen LogP contribution in [-0.2, 0) is 9.47 Å². The molecule has 0 radical (unpaired) electrons. The van der Waals surface area contributed by atoms with Crippen molar-refractivity contribution in [3.05, 3.63) is 46.2 Å². The highest BCUT2D eigenvalue weighted by atomic mass is 32.1. The van der Waals surface area contributed by atoms with Gasteiger partial charge in [-0.1, -0.05) is 0 Å². The topological polar surface area (TPSA) is 52.6 Å². The Bertz CT molecular complexity index is 996. The number of methoxy groups -OCH3 is 2. The lowest BCUT2D eigenvalue weighted by atomic mass is 10.2. The average Bonchev–Trinajstić information content (AvgIpc) is 3.40. The highest BCUT2D eigenvalue weighted by Gasteiger charge is 2.20. The van der Waals surface area contributed by atoms with Crippen LogP contribution >= 0.6 is 45.3 Å². The fourth-order valence-electron chi connectivity index (χ4n) is 2.60. The molecule has 0 aliphatic rings. The van der Waals surface area contributed by atoms with Crippen LogP contribution in [0.3, 0.4) is 0 Å². The molecule has 0 unspecified atom stereocenters. The molecule has 26 heavy (non-hydrogen) atoms. The third kappa shape index (κ3) is 2.88. The van der Waals surface area contributed by atoms with Crippen LogP contribution in [0.1, 0.15) is 20.7 Å². The number of ether oxygens (including phenoxy) is 2. The molecule has 0 amide bonds. The van der Waals surface area contributed by atoms with Crippen LogP contribution in [0.2, 0.25) is 0 Å². The Hall–Kier alpha value is -2.00. The van der Waals surface area contributed by atoms with Crippen LogP contribution in [0, 0.1) is 0 Å². The van der Waals surface area contributed by atoms with Gasteiger partial charge in [-0.05, 0) is 35.0 Å². The van der Waals surface area contributed by atoms with Gasteiger partial charge in [-0.25, -0.2) is 9.59 Å². The number of rotatable bonds is 4. The van der Waals surface area contributed by atoms with Crippen molar-refractivity contribution < 1.29 is 19.1 Å². The largest absolute Gasteiger partial charge is 0.465 e. The summed E-state index contributed by atoms with van der Waals surface area (Å²) in [7, 11) is 2.78. The van der Waals surface area contributed by atoms with Crippen molar-refractivity contribution in [1.82, 2.24) is 0 Å². The number of thiophene rings is 4. The maximum atomic E-state index is 11.9. The van der Waals surface area contributed by atoms with Gasteiger partial charge in [-0.15, -0.1) is 45.3 Å². The van der Waals surface area contributed by atoms with Crippen molar-refractivity contribution in [2.75, 3.05) is 14.2 Å². The second kappa shape index (κ2) is 6.96. The van der Waals surface area contributed by atoms with E-state index in [2.05, 4.69) is 12.1 Å². The van der Waals surface area contributed by atoms with E-state index in [0.29, 0.717) is 11.1 Å².